The molecule has 2 rings (SSSR count). The summed E-state index contributed by atoms with van der Waals surface area (Å²) in [6.45, 7) is 0.623. The maximum atomic E-state index is 13.7. The third-order valence-corrected chi connectivity index (χ3v) is 3.61. The smallest absolute Gasteiger partial charge is 0.225 e. The van der Waals surface area contributed by atoms with E-state index in [1.165, 1.54) is 6.07 Å². The average Bonchev–Trinajstić information content (AvgIpc) is 3.28. The average molecular weight is 280 g/mol. The number of hydrogen-bond acceptors (Lipinski definition) is 3. The number of benzene rings is 1. The summed E-state index contributed by atoms with van der Waals surface area (Å²) in [5.74, 6) is -0.291. The van der Waals surface area contributed by atoms with Crippen molar-refractivity contribution in [2.75, 3.05) is 13.7 Å². The number of nitrogens with two attached hydrogens (primary N) is 1. The number of rotatable bonds is 7. The SMILES string of the molecule is COC(CN)CC(=O)N(Cc1ccccc1F)C1CC1. The molecule has 1 aliphatic carbocycles. The fraction of sp³-hybridized carbons (Fsp3) is 0.533. The molecule has 0 aromatic heterocycles. The molecule has 1 aromatic carbocycles. The van der Waals surface area contributed by atoms with Gasteiger partial charge in [-0.3, -0.25) is 4.79 Å². The van der Waals surface area contributed by atoms with Crippen LogP contribution in [0.1, 0.15) is 24.8 Å². The van der Waals surface area contributed by atoms with E-state index in [9.17, 15) is 9.18 Å². The summed E-state index contributed by atoms with van der Waals surface area (Å²) >= 11 is 0. The molecule has 0 heterocycles. The first-order valence-electron chi connectivity index (χ1n) is 6.91. The maximum absolute atomic E-state index is 13.7. The zero-order valence-electron chi connectivity index (χ0n) is 11.7. The number of hydrogen-bond donors (Lipinski definition) is 1. The predicted molar refractivity (Wildman–Crippen MR) is 74.4 cm³/mol. The highest BCUT2D eigenvalue weighted by Gasteiger charge is 2.33. The highest BCUT2D eigenvalue weighted by atomic mass is 19.1. The van der Waals surface area contributed by atoms with Crippen molar-refractivity contribution in [3.05, 3.63) is 35.6 Å². The predicted octanol–water partition coefficient (Wildman–Crippen LogP) is 1.68. The fourth-order valence-electron chi connectivity index (χ4n) is 2.19. The van der Waals surface area contributed by atoms with E-state index in [2.05, 4.69) is 0 Å². The van der Waals surface area contributed by atoms with Gasteiger partial charge in [-0.25, -0.2) is 4.39 Å². The summed E-state index contributed by atoms with van der Waals surface area (Å²) < 4.78 is 18.9. The van der Waals surface area contributed by atoms with Crippen LogP contribution in [0.3, 0.4) is 0 Å². The van der Waals surface area contributed by atoms with Crippen LogP contribution in [0, 0.1) is 5.82 Å². The number of nitrogens with zero attached hydrogens (tertiary/aromatic N) is 1. The molecule has 20 heavy (non-hydrogen) atoms. The molecule has 2 N–H and O–H groups in total. The van der Waals surface area contributed by atoms with Crippen molar-refractivity contribution in [2.24, 2.45) is 5.73 Å². The van der Waals surface area contributed by atoms with Crippen LogP contribution in [-0.2, 0) is 16.1 Å². The molecule has 1 saturated carbocycles. The van der Waals surface area contributed by atoms with Crippen molar-refractivity contribution in [3.8, 4) is 0 Å². The van der Waals surface area contributed by atoms with Gasteiger partial charge in [-0.15, -0.1) is 0 Å². The minimum atomic E-state index is -0.274. The van der Waals surface area contributed by atoms with Gasteiger partial charge in [0.25, 0.3) is 0 Å². The van der Waals surface area contributed by atoms with E-state index in [0.717, 1.165) is 12.8 Å². The zero-order chi connectivity index (χ0) is 14.5. The lowest BCUT2D eigenvalue weighted by Gasteiger charge is -2.24. The van der Waals surface area contributed by atoms with Crippen molar-refractivity contribution in [1.29, 1.82) is 0 Å². The quantitative estimate of drug-likeness (QED) is 0.826. The summed E-state index contributed by atoms with van der Waals surface area (Å²) in [5.41, 5.74) is 6.09. The van der Waals surface area contributed by atoms with Gasteiger partial charge in [0.2, 0.25) is 5.91 Å². The second kappa shape index (κ2) is 6.81. The van der Waals surface area contributed by atoms with Crippen molar-refractivity contribution in [2.45, 2.75) is 38.0 Å². The van der Waals surface area contributed by atoms with E-state index in [-0.39, 0.29) is 30.3 Å². The van der Waals surface area contributed by atoms with Crippen molar-refractivity contribution >= 4 is 5.91 Å². The molecule has 110 valence electrons. The topological polar surface area (TPSA) is 55.6 Å². The lowest BCUT2D eigenvalue weighted by Crippen LogP contribution is -2.37. The Bertz CT molecular complexity index is 459. The Morgan fingerprint density at radius 2 is 2.20 bits per heavy atom. The van der Waals surface area contributed by atoms with Crippen LogP contribution in [0.2, 0.25) is 0 Å². The molecule has 4 nitrogen and oxygen atoms in total. The van der Waals surface area contributed by atoms with Gasteiger partial charge in [-0.1, -0.05) is 18.2 Å². The molecule has 0 spiro atoms. The first-order chi connectivity index (χ1) is 9.65. The summed E-state index contributed by atoms with van der Waals surface area (Å²) in [4.78, 5) is 14.1. The van der Waals surface area contributed by atoms with Crippen LogP contribution in [0.15, 0.2) is 24.3 Å². The Morgan fingerprint density at radius 3 is 2.75 bits per heavy atom. The summed E-state index contributed by atoms with van der Waals surface area (Å²) in [6, 6.07) is 6.80. The third kappa shape index (κ3) is 3.77. The highest BCUT2D eigenvalue weighted by Crippen LogP contribution is 2.29. The molecular formula is C15H21FN2O2. The monoisotopic (exact) mass is 280 g/mol. The van der Waals surface area contributed by atoms with E-state index in [0.29, 0.717) is 18.7 Å². The highest BCUT2D eigenvalue weighted by molar-refractivity contribution is 5.77. The molecule has 5 heteroatoms. The number of ether oxygens (including phenoxy) is 1. The van der Waals surface area contributed by atoms with Crippen LogP contribution in [0.25, 0.3) is 0 Å². The van der Waals surface area contributed by atoms with Crippen LogP contribution < -0.4 is 5.73 Å². The van der Waals surface area contributed by atoms with Gasteiger partial charge in [-0.05, 0) is 18.9 Å². The Labute approximate surface area is 118 Å². The van der Waals surface area contributed by atoms with Crippen LogP contribution >= 0.6 is 0 Å². The van der Waals surface area contributed by atoms with E-state index in [1.807, 2.05) is 0 Å². The van der Waals surface area contributed by atoms with Gasteiger partial charge < -0.3 is 15.4 Å². The first-order valence-corrected chi connectivity index (χ1v) is 6.91. The van der Waals surface area contributed by atoms with Crippen LogP contribution in [0.5, 0.6) is 0 Å². The van der Waals surface area contributed by atoms with E-state index >= 15 is 0 Å². The standard InChI is InChI=1S/C15H21FN2O2/c1-20-13(9-17)8-15(19)18(12-6-7-12)10-11-4-2-3-5-14(11)16/h2-5,12-13H,6-10,17H2,1H3. The van der Waals surface area contributed by atoms with Gasteiger partial charge >= 0.3 is 0 Å². The number of carbonyl (C=O) groups is 1. The van der Waals surface area contributed by atoms with Gasteiger partial charge in [0.1, 0.15) is 5.82 Å². The zero-order valence-corrected chi connectivity index (χ0v) is 11.7. The Morgan fingerprint density at radius 1 is 1.50 bits per heavy atom. The van der Waals surface area contributed by atoms with Crippen molar-refractivity contribution in [3.63, 3.8) is 0 Å². The summed E-state index contributed by atoms with van der Waals surface area (Å²) in [6.07, 6.45) is 1.95. The molecule has 0 saturated heterocycles. The van der Waals surface area contributed by atoms with Crippen molar-refractivity contribution in [1.82, 2.24) is 4.90 Å². The normalized spacial score (nSPS) is 15.9. The second-order valence-corrected chi connectivity index (χ2v) is 5.14. The van der Waals surface area contributed by atoms with Crippen molar-refractivity contribution < 1.29 is 13.9 Å². The number of amides is 1. The lowest BCUT2D eigenvalue weighted by molar-refractivity contribution is -0.134. The molecule has 0 bridgehead atoms. The molecular weight excluding hydrogens is 259 g/mol. The molecule has 0 radical (unpaired) electrons. The molecule has 1 aliphatic rings. The molecule has 1 atom stereocenters. The Kier molecular flexibility index (Phi) is 5.09. The van der Waals surface area contributed by atoms with Crippen LogP contribution in [0.4, 0.5) is 4.39 Å². The third-order valence-electron chi connectivity index (χ3n) is 3.61. The van der Waals surface area contributed by atoms with Gasteiger partial charge in [0, 0.05) is 31.8 Å². The fourth-order valence-corrected chi connectivity index (χ4v) is 2.19. The number of carbonyl (C=O) groups excluding carboxylic acids is 1. The Hall–Kier alpha value is -1.46. The number of halogens is 1. The van der Waals surface area contributed by atoms with E-state index in [1.54, 1.807) is 30.2 Å². The summed E-state index contributed by atoms with van der Waals surface area (Å²) in [5, 5.41) is 0. The second-order valence-electron chi connectivity index (χ2n) is 5.14. The largest absolute Gasteiger partial charge is 0.380 e. The van der Waals surface area contributed by atoms with E-state index in [4.69, 9.17) is 10.5 Å². The summed E-state index contributed by atoms with van der Waals surface area (Å²) in [7, 11) is 1.54. The minimum Gasteiger partial charge on any atom is -0.380 e. The molecule has 1 fully saturated rings. The van der Waals surface area contributed by atoms with Gasteiger partial charge in [-0.2, -0.15) is 0 Å². The molecule has 0 aliphatic heterocycles. The Balaban J connectivity index is 2.04. The minimum absolute atomic E-state index is 0.0203. The van der Waals surface area contributed by atoms with Gasteiger partial charge in [0.05, 0.1) is 12.5 Å². The lowest BCUT2D eigenvalue weighted by atomic mass is 10.1. The number of methoxy groups -OCH3 is 1. The first kappa shape index (κ1) is 14.9. The molecule has 1 amide bonds. The van der Waals surface area contributed by atoms with Crippen LogP contribution in [-0.4, -0.2) is 36.6 Å². The van der Waals surface area contributed by atoms with Gasteiger partial charge in [0.15, 0.2) is 0 Å². The van der Waals surface area contributed by atoms with E-state index < -0.39 is 0 Å². The molecule has 1 unspecified atom stereocenters. The maximum Gasteiger partial charge on any atom is 0.225 e. The molecule has 1 aromatic rings.